The molecule has 6 heteroatoms. The molecule has 0 bridgehead atoms. The van der Waals surface area contributed by atoms with Crippen LogP contribution in [0, 0.1) is 0 Å². The number of aryl methyl sites for hydroxylation is 1. The minimum absolute atomic E-state index is 0.392. The van der Waals surface area contributed by atoms with E-state index >= 15 is 0 Å². The molecule has 2 N–H and O–H groups in total. The maximum atomic E-state index is 4.85. The minimum atomic E-state index is 0.392. The first-order valence-electron chi connectivity index (χ1n) is 11.8. The molecule has 1 fully saturated rings. The van der Waals surface area contributed by atoms with Crippen molar-refractivity contribution in [2.75, 3.05) is 13.6 Å². The van der Waals surface area contributed by atoms with Gasteiger partial charge >= 0.3 is 0 Å². The van der Waals surface area contributed by atoms with Crippen LogP contribution < -0.4 is 0 Å². The Labute approximate surface area is 193 Å². The summed E-state index contributed by atoms with van der Waals surface area (Å²) in [6.45, 7) is 3.31. The SMILES string of the molecule is CCCc1nc2ccc(-c3ccc(-c4ccc5nc(C6CCCN6C)[nH]c5c4)nc3)cc2[nH]1. The van der Waals surface area contributed by atoms with Crippen molar-refractivity contribution in [2.45, 2.75) is 38.6 Å². The lowest BCUT2D eigenvalue weighted by Gasteiger charge is -2.16. The maximum Gasteiger partial charge on any atom is 0.124 e. The van der Waals surface area contributed by atoms with Crippen molar-refractivity contribution in [1.82, 2.24) is 29.8 Å². The van der Waals surface area contributed by atoms with Gasteiger partial charge in [-0.2, -0.15) is 0 Å². The molecule has 0 aliphatic carbocycles. The van der Waals surface area contributed by atoms with E-state index in [4.69, 9.17) is 9.97 Å². The zero-order valence-electron chi connectivity index (χ0n) is 19.1. The van der Waals surface area contributed by atoms with Gasteiger partial charge in [0.1, 0.15) is 11.6 Å². The number of hydrogen-bond donors (Lipinski definition) is 2. The molecule has 1 aliphatic rings. The standard InChI is InChI=1S/C27H28N6/c1-3-5-26-29-21-11-7-17(14-23(21)30-26)19-9-10-20(28-16-19)18-8-12-22-24(15-18)32-27(31-22)25-6-4-13-33(25)2/h7-12,14-16,25H,3-6,13H2,1-2H3,(H,29,30)(H,31,32). The number of aromatic nitrogens is 5. The summed E-state index contributed by atoms with van der Waals surface area (Å²) in [6.07, 6.45) is 6.40. The van der Waals surface area contributed by atoms with Gasteiger partial charge in [0.25, 0.3) is 0 Å². The lowest BCUT2D eigenvalue weighted by atomic mass is 10.0. The van der Waals surface area contributed by atoms with Gasteiger partial charge in [-0.3, -0.25) is 9.88 Å². The fourth-order valence-corrected chi connectivity index (χ4v) is 4.93. The van der Waals surface area contributed by atoms with Crippen LogP contribution >= 0.6 is 0 Å². The number of nitrogens with zero attached hydrogens (tertiary/aromatic N) is 4. The van der Waals surface area contributed by atoms with Gasteiger partial charge in [-0.15, -0.1) is 0 Å². The van der Waals surface area contributed by atoms with Gasteiger partial charge in [0.05, 0.1) is 33.8 Å². The molecule has 6 rings (SSSR count). The number of hydrogen-bond acceptors (Lipinski definition) is 4. The van der Waals surface area contributed by atoms with Gasteiger partial charge in [0.15, 0.2) is 0 Å². The number of rotatable bonds is 5. The number of fused-ring (bicyclic) bond motifs is 2. The molecule has 2 aromatic carbocycles. The van der Waals surface area contributed by atoms with Crippen LogP contribution in [0.2, 0.25) is 0 Å². The number of benzene rings is 2. The Balaban J connectivity index is 1.27. The van der Waals surface area contributed by atoms with Crippen LogP contribution in [0.5, 0.6) is 0 Å². The van der Waals surface area contributed by atoms with Crippen molar-refractivity contribution < 1.29 is 0 Å². The van der Waals surface area contributed by atoms with Crippen LogP contribution in [0.25, 0.3) is 44.5 Å². The third-order valence-electron chi connectivity index (χ3n) is 6.75. The normalized spacial score (nSPS) is 16.8. The summed E-state index contributed by atoms with van der Waals surface area (Å²) in [5.74, 6) is 2.12. The zero-order chi connectivity index (χ0) is 22.4. The molecule has 1 unspecified atom stereocenters. The van der Waals surface area contributed by atoms with E-state index in [1.807, 2.05) is 6.20 Å². The molecule has 4 heterocycles. The average molecular weight is 437 g/mol. The summed E-state index contributed by atoms with van der Waals surface area (Å²) in [4.78, 5) is 23.7. The highest BCUT2D eigenvalue weighted by Crippen LogP contribution is 2.31. The topological polar surface area (TPSA) is 73.5 Å². The molecule has 166 valence electrons. The van der Waals surface area contributed by atoms with Crippen LogP contribution in [0.1, 0.15) is 43.9 Å². The number of aromatic amines is 2. The van der Waals surface area contributed by atoms with Crippen LogP contribution in [0.15, 0.2) is 54.7 Å². The van der Waals surface area contributed by atoms with E-state index in [1.54, 1.807) is 0 Å². The molecular formula is C27H28N6. The van der Waals surface area contributed by atoms with Crippen LogP contribution in [0.4, 0.5) is 0 Å². The number of nitrogens with one attached hydrogen (secondary N) is 2. The Kier molecular flexibility index (Phi) is 4.95. The van der Waals surface area contributed by atoms with Crippen molar-refractivity contribution >= 4 is 22.1 Å². The second kappa shape index (κ2) is 8.12. The van der Waals surface area contributed by atoms with Crippen molar-refractivity contribution in [3.8, 4) is 22.4 Å². The lowest BCUT2D eigenvalue weighted by molar-refractivity contribution is 0.307. The Morgan fingerprint density at radius 3 is 2.42 bits per heavy atom. The first-order chi connectivity index (χ1) is 16.2. The molecule has 1 saturated heterocycles. The van der Waals surface area contributed by atoms with E-state index in [0.717, 1.165) is 81.9 Å². The summed E-state index contributed by atoms with van der Waals surface area (Å²) >= 11 is 0. The first-order valence-corrected chi connectivity index (χ1v) is 11.8. The van der Waals surface area contributed by atoms with E-state index < -0.39 is 0 Å². The highest BCUT2D eigenvalue weighted by molar-refractivity contribution is 5.83. The van der Waals surface area contributed by atoms with E-state index in [0.29, 0.717) is 6.04 Å². The predicted molar refractivity (Wildman–Crippen MR) is 133 cm³/mol. The fraction of sp³-hybridized carbons (Fsp3) is 0.296. The summed E-state index contributed by atoms with van der Waals surface area (Å²) < 4.78 is 0. The highest BCUT2D eigenvalue weighted by atomic mass is 15.2. The summed E-state index contributed by atoms with van der Waals surface area (Å²) in [7, 11) is 2.18. The predicted octanol–water partition coefficient (Wildman–Crippen LogP) is 5.89. The molecule has 3 aromatic heterocycles. The van der Waals surface area contributed by atoms with E-state index in [1.165, 1.54) is 6.42 Å². The van der Waals surface area contributed by atoms with Crippen molar-refractivity contribution in [3.05, 3.63) is 66.4 Å². The quantitative estimate of drug-likeness (QED) is 0.360. The van der Waals surface area contributed by atoms with Crippen molar-refractivity contribution in [1.29, 1.82) is 0 Å². The first kappa shape index (κ1) is 20.1. The second-order valence-corrected chi connectivity index (χ2v) is 9.09. The van der Waals surface area contributed by atoms with Gasteiger partial charge < -0.3 is 9.97 Å². The Morgan fingerprint density at radius 1 is 0.909 bits per heavy atom. The molecule has 1 aliphatic heterocycles. The highest BCUT2D eigenvalue weighted by Gasteiger charge is 2.25. The van der Waals surface area contributed by atoms with Crippen LogP contribution in [-0.2, 0) is 6.42 Å². The largest absolute Gasteiger partial charge is 0.342 e. The van der Waals surface area contributed by atoms with Crippen molar-refractivity contribution in [2.24, 2.45) is 0 Å². The summed E-state index contributed by atoms with van der Waals surface area (Å²) in [5, 5.41) is 0. The third kappa shape index (κ3) is 3.70. The zero-order valence-corrected chi connectivity index (χ0v) is 19.1. The molecule has 5 aromatic rings. The van der Waals surface area contributed by atoms with E-state index in [9.17, 15) is 0 Å². The number of H-pyrrole nitrogens is 2. The van der Waals surface area contributed by atoms with Gasteiger partial charge in [-0.05, 0) is 68.8 Å². The molecule has 0 saturated carbocycles. The molecule has 0 radical (unpaired) electrons. The average Bonchev–Trinajstić information content (AvgIpc) is 3.55. The fourth-order valence-electron chi connectivity index (χ4n) is 4.93. The van der Waals surface area contributed by atoms with Gasteiger partial charge in [0.2, 0.25) is 0 Å². The van der Waals surface area contributed by atoms with Gasteiger partial charge in [0, 0.05) is 23.7 Å². The number of pyridine rings is 1. The van der Waals surface area contributed by atoms with Gasteiger partial charge in [-0.1, -0.05) is 25.1 Å². The number of likely N-dealkylation sites (tertiary alicyclic amines) is 1. The Bertz CT molecular complexity index is 1430. The van der Waals surface area contributed by atoms with Crippen molar-refractivity contribution in [3.63, 3.8) is 0 Å². The van der Waals surface area contributed by atoms with E-state index in [-0.39, 0.29) is 0 Å². The summed E-state index contributed by atoms with van der Waals surface area (Å²) in [6, 6.07) is 17.4. The molecule has 1 atom stereocenters. The molecular weight excluding hydrogens is 408 g/mol. The molecule has 33 heavy (non-hydrogen) atoms. The maximum absolute atomic E-state index is 4.85. The van der Waals surface area contributed by atoms with Gasteiger partial charge in [-0.25, -0.2) is 9.97 Å². The smallest absolute Gasteiger partial charge is 0.124 e. The van der Waals surface area contributed by atoms with Crippen LogP contribution in [-0.4, -0.2) is 43.4 Å². The Hall–Kier alpha value is -3.51. The summed E-state index contributed by atoms with van der Waals surface area (Å²) in [5.41, 5.74) is 8.47. The van der Waals surface area contributed by atoms with E-state index in [2.05, 4.69) is 82.4 Å². The molecule has 0 spiro atoms. The monoisotopic (exact) mass is 436 g/mol. The Morgan fingerprint density at radius 2 is 1.67 bits per heavy atom. The number of imidazole rings is 2. The molecule has 0 amide bonds. The second-order valence-electron chi connectivity index (χ2n) is 9.09. The molecule has 6 nitrogen and oxygen atoms in total. The minimum Gasteiger partial charge on any atom is -0.342 e. The third-order valence-corrected chi connectivity index (χ3v) is 6.75. The van der Waals surface area contributed by atoms with Crippen LogP contribution in [0.3, 0.4) is 0 Å². The lowest BCUT2D eigenvalue weighted by Crippen LogP contribution is -2.18.